The maximum absolute atomic E-state index is 15.1. The van der Waals surface area contributed by atoms with Gasteiger partial charge in [0, 0.05) is 5.56 Å². The first-order valence-corrected chi connectivity index (χ1v) is 10.1. The van der Waals surface area contributed by atoms with Gasteiger partial charge in [-0.15, -0.1) is 0 Å². The van der Waals surface area contributed by atoms with Gasteiger partial charge in [-0.05, 0) is 86.6 Å². The number of halogens is 4. The molecule has 1 N–H and O–H groups in total. The van der Waals surface area contributed by atoms with Gasteiger partial charge < -0.3 is 5.11 Å². The number of benzene rings is 2. The SMILES string of the molecule is C/C=C/CC[C@H]1CC[C@H](c2ccc(C(=O)O)c(F)c2-c2cc(F)c(F)c(F)c2)CC1. The van der Waals surface area contributed by atoms with Gasteiger partial charge in [-0.25, -0.2) is 22.4 Å². The Morgan fingerprint density at radius 3 is 2.23 bits per heavy atom. The van der Waals surface area contributed by atoms with E-state index in [9.17, 15) is 23.1 Å². The van der Waals surface area contributed by atoms with Crippen LogP contribution in [0.1, 0.15) is 67.3 Å². The van der Waals surface area contributed by atoms with Gasteiger partial charge in [-0.1, -0.05) is 18.2 Å². The third-order valence-electron chi connectivity index (χ3n) is 5.94. The van der Waals surface area contributed by atoms with Gasteiger partial charge in [0.2, 0.25) is 0 Å². The maximum Gasteiger partial charge on any atom is 0.338 e. The predicted octanol–water partition coefficient (Wildman–Crippen LogP) is 7.24. The van der Waals surface area contributed by atoms with Crippen LogP contribution in [0, 0.1) is 29.2 Å². The first-order valence-electron chi connectivity index (χ1n) is 10.1. The lowest BCUT2D eigenvalue weighted by molar-refractivity contribution is 0.0692. The van der Waals surface area contributed by atoms with Crippen molar-refractivity contribution in [1.82, 2.24) is 0 Å². The highest BCUT2D eigenvalue weighted by Gasteiger charge is 2.28. The van der Waals surface area contributed by atoms with E-state index in [1.807, 2.05) is 13.0 Å². The number of aromatic carboxylic acids is 1. The zero-order valence-corrected chi connectivity index (χ0v) is 16.7. The van der Waals surface area contributed by atoms with E-state index in [2.05, 4.69) is 6.08 Å². The predicted molar refractivity (Wildman–Crippen MR) is 107 cm³/mol. The molecular weight excluding hydrogens is 396 g/mol. The van der Waals surface area contributed by atoms with E-state index < -0.39 is 34.8 Å². The number of carbonyl (C=O) groups is 1. The molecule has 0 amide bonds. The van der Waals surface area contributed by atoms with Crippen molar-refractivity contribution in [2.45, 2.75) is 51.4 Å². The second-order valence-corrected chi connectivity index (χ2v) is 7.81. The number of rotatable bonds is 6. The molecule has 0 aliphatic heterocycles. The van der Waals surface area contributed by atoms with Gasteiger partial charge in [0.25, 0.3) is 0 Å². The minimum atomic E-state index is -1.64. The Balaban J connectivity index is 1.98. The number of allylic oxidation sites excluding steroid dienone is 2. The van der Waals surface area contributed by atoms with Crippen LogP contribution in [-0.2, 0) is 0 Å². The van der Waals surface area contributed by atoms with E-state index in [1.54, 1.807) is 0 Å². The van der Waals surface area contributed by atoms with Gasteiger partial charge in [0.1, 0.15) is 5.82 Å². The van der Waals surface area contributed by atoms with Crippen molar-refractivity contribution >= 4 is 5.97 Å². The molecular formula is C24H24F4O2. The smallest absolute Gasteiger partial charge is 0.338 e. The van der Waals surface area contributed by atoms with E-state index in [0.717, 1.165) is 38.5 Å². The fraction of sp³-hybridized carbons (Fsp3) is 0.375. The van der Waals surface area contributed by atoms with Crippen LogP contribution >= 0.6 is 0 Å². The monoisotopic (exact) mass is 420 g/mol. The van der Waals surface area contributed by atoms with E-state index in [0.29, 0.717) is 23.6 Å². The van der Waals surface area contributed by atoms with Crippen molar-refractivity contribution < 1.29 is 27.5 Å². The Hall–Kier alpha value is -2.63. The normalized spacial score (nSPS) is 19.4. The summed E-state index contributed by atoms with van der Waals surface area (Å²) >= 11 is 0. The number of hydrogen-bond donors (Lipinski definition) is 1. The summed E-state index contributed by atoms with van der Waals surface area (Å²) in [6, 6.07) is 4.14. The molecule has 6 heteroatoms. The Labute approximate surface area is 173 Å². The van der Waals surface area contributed by atoms with Crippen molar-refractivity contribution in [2.75, 3.05) is 0 Å². The third-order valence-corrected chi connectivity index (χ3v) is 5.94. The summed E-state index contributed by atoms with van der Waals surface area (Å²) in [4.78, 5) is 11.4. The lowest BCUT2D eigenvalue weighted by atomic mass is 9.75. The van der Waals surface area contributed by atoms with Crippen LogP contribution in [0.4, 0.5) is 17.6 Å². The molecule has 1 aliphatic rings. The molecule has 2 aromatic rings. The molecule has 0 aromatic heterocycles. The number of carboxylic acid groups (broad SMARTS) is 1. The van der Waals surface area contributed by atoms with E-state index in [1.165, 1.54) is 12.1 Å². The van der Waals surface area contributed by atoms with Crippen LogP contribution in [0.5, 0.6) is 0 Å². The van der Waals surface area contributed by atoms with Gasteiger partial charge in [-0.2, -0.15) is 0 Å². The first kappa shape index (κ1) is 22.1. The van der Waals surface area contributed by atoms with Gasteiger partial charge >= 0.3 is 5.97 Å². The Kier molecular flexibility index (Phi) is 6.95. The summed E-state index contributed by atoms with van der Waals surface area (Å²) in [6.07, 6.45) is 9.65. The summed E-state index contributed by atoms with van der Waals surface area (Å²) in [5, 5.41) is 9.28. The molecule has 0 unspecified atom stereocenters. The quantitative estimate of drug-likeness (QED) is 0.304. The van der Waals surface area contributed by atoms with Crippen molar-refractivity contribution in [3.05, 3.63) is 70.8 Å². The van der Waals surface area contributed by atoms with Crippen molar-refractivity contribution in [2.24, 2.45) is 5.92 Å². The highest BCUT2D eigenvalue weighted by Crippen LogP contribution is 2.43. The summed E-state index contributed by atoms with van der Waals surface area (Å²) in [7, 11) is 0. The third kappa shape index (κ3) is 4.58. The molecule has 160 valence electrons. The molecule has 3 rings (SSSR count). The van der Waals surface area contributed by atoms with Crippen LogP contribution in [0.2, 0.25) is 0 Å². The molecule has 2 nitrogen and oxygen atoms in total. The summed E-state index contributed by atoms with van der Waals surface area (Å²) < 4.78 is 56.2. The zero-order chi connectivity index (χ0) is 21.8. The zero-order valence-electron chi connectivity index (χ0n) is 16.7. The van der Waals surface area contributed by atoms with Crippen LogP contribution in [0.25, 0.3) is 11.1 Å². The van der Waals surface area contributed by atoms with Crippen LogP contribution in [0.15, 0.2) is 36.4 Å². The minimum Gasteiger partial charge on any atom is -0.478 e. The largest absolute Gasteiger partial charge is 0.478 e. The van der Waals surface area contributed by atoms with Gasteiger partial charge in [0.05, 0.1) is 5.56 Å². The second kappa shape index (κ2) is 9.45. The Morgan fingerprint density at radius 1 is 1.03 bits per heavy atom. The fourth-order valence-corrected chi connectivity index (χ4v) is 4.35. The maximum atomic E-state index is 15.1. The van der Waals surface area contributed by atoms with Crippen molar-refractivity contribution in [1.29, 1.82) is 0 Å². The number of hydrogen-bond acceptors (Lipinski definition) is 1. The van der Waals surface area contributed by atoms with E-state index in [4.69, 9.17) is 0 Å². The molecule has 0 bridgehead atoms. The van der Waals surface area contributed by atoms with Crippen LogP contribution in [-0.4, -0.2) is 11.1 Å². The topological polar surface area (TPSA) is 37.3 Å². The lowest BCUT2D eigenvalue weighted by Gasteiger charge is -2.30. The second-order valence-electron chi connectivity index (χ2n) is 7.81. The first-order chi connectivity index (χ1) is 14.3. The average Bonchev–Trinajstić information content (AvgIpc) is 2.72. The minimum absolute atomic E-state index is 0.0634. The molecule has 30 heavy (non-hydrogen) atoms. The molecule has 1 saturated carbocycles. The molecule has 0 heterocycles. The standard InChI is InChI=1S/C24H24F4O2/c1-2-3-4-5-14-6-8-15(9-7-14)17-10-11-18(24(29)30)22(27)21(17)16-12-19(25)23(28)20(26)13-16/h2-3,10-15H,4-9H2,1H3,(H,29,30)/b3-2+/t14-,15-. The molecule has 0 saturated heterocycles. The molecule has 0 radical (unpaired) electrons. The summed E-state index contributed by atoms with van der Waals surface area (Å²) in [6.45, 7) is 1.98. The van der Waals surface area contributed by atoms with Crippen LogP contribution < -0.4 is 0 Å². The van der Waals surface area contributed by atoms with E-state index in [-0.39, 0.29) is 17.0 Å². The lowest BCUT2D eigenvalue weighted by Crippen LogP contribution is -2.15. The van der Waals surface area contributed by atoms with Crippen molar-refractivity contribution in [3.63, 3.8) is 0 Å². The summed E-state index contributed by atoms with van der Waals surface area (Å²) in [5.41, 5.74) is -0.434. The van der Waals surface area contributed by atoms with Crippen molar-refractivity contribution in [3.8, 4) is 11.1 Å². The summed E-state index contributed by atoms with van der Waals surface area (Å²) in [5.74, 6) is -6.56. The molecule has 0 atom stereocenters. The molecule has 1 aliphatic carbocycles. The molecule has 0 spiro atoms. The van der Waals surface area contributed by atoms with E-state index >= 15 is 4.39 Å². The van der Waals surface area contributed by atoms with Gasteiger partial charge in [-0.3, -0.25) is 0 Å². The highest BCUT2D eigenvalue weighted by atomic mass is 19.2. The highest BCUT2D eigenvalue weighted by molar-refractivity contribution is 5.90. The molecule has 2 aromatic carbocycles. The van der Waals surface area contributed by atoms with Crippen LogP contribution in [0.3, 0.4) is 0 Å². The average molecular weight is 420 g/mol. The Morgan fingerprint density at radius 2 is 1.67 bits per heavy atom. The Bertz CT molecular complexity index is 937. The molecule has 1 fully saturated rings. The number of carboxylic acids is 1. The van der Waals surface area contributed by atoms with Gasteiger partial charge in [0.15, 0.2) is 17.5 Å². The fourth-order valence-electron chi connectivity index (χ4n) is 4.35.